The van der Waals surface area contributed by atoms with E-state index in [9.17, 15) is 14.4 Å². The third-order valence-corrected chi connectivity index (χ3v) is 5.98. The summed E-state index contributed by atoms with van der Waals surface area (Å²) in [5.41, 5.74) is 1.24. The first-order valence-corrected chi connectivity index (χ1v) is 11.0. The molecule has 0 aliphatic carbocycles. The summed E-state index contributed by atoms with van der Waals surface area (Å²) in [7, 11) is 0. The molecule has 4 rings (SSSR count). The van der Waals surface area contributed by atoms with Crippen molar-refractivity contribution in [3.8, 4) is 0 Å². The van der Waals surface area contributed by atoms with E-state index >= 15 is 0 Å². The molecule has 0 unspecified atom stereocenters. The van der Waals surface area contributed by atoms with E-state index in [4.69, 9.17) is 12.2 Å². The highest BCUT2D eigenvalue weighted by molar-refractivity contribution is 7.71. The van der Waals surface area contributed by atoms with Crippen LogP contribution < -0.4 is 16.2 Å². The number of nitrogens with one attached hydrogen (secondary N) is 3. The molecule has 2 heterocycles. The number of carbonyl (C=O) groups is 2. The first kappa shape index (κ1) is 21.8. The van der Waals surface area contributed by atoms with Crippen LogP contribution in [-0.2, 0) is 11.3 Å². The van der Waals surface area contributed by atoms with Crippen molar-refractivity contribution in [1.29, 1.82) is 0 Å². The molecule has 1 aliphatic rings. The Balaban J connectivity index is 1.28. The lowest BCUT2D eigenvalue weighted by Crippen LogP contribution is -2.47. The Morgan fingerprint density at radius 2 is 1.72 bits per heavy atom. The van der Waals surface area contributed by atoms with Crippen LogP contribution in [0.1, 0.15) is 19.3 Å². The molecule has 3 N–H and O–H groups in total. The van der Waals surface area contributed by atoms with Gasteiger partial charge in [0.25, 0.3) is 5.56 Å². The Morgan fingerprint density at radius 1 is 1.03 bits per heavy atom. The number of anilines is 1. The zero-order valence-electron chi connectivity index (χ0n) is 17.5. The summed E-state index contributed by atoms with van der Waals surface area (Å²) in [6.07, 6.45) is 1.57. The van der Waals surface area contributed by atoms with Gasteiger partial charge >= 0.3 is 6.03 Å². The summed E-state index contributed by atoms with van der Waals surface area (Å²) in [6, 6.07) is 16.2. The van der Waals surface area contributed by atoms with Crippen molar-refractivity contribution < 1.29 is 9.59 Å². The number of rotatable bonds is 5. The minimum atomic E-state index is -0.245. The average molecular weight is 452 g/mol. The summed E-state index contributed by atoms with van der Waals surface area (Å²) in [5, 5.41) is 6.32. The van der Waals surface area contributed by atoms with Gasteiger partial charge in [-0.2, -0.15) is 0 Å². The quantitative estimate of drug-likeness (QED) is 0.519. The molecule has 0 spiro atoms. The molecular weight excluding hydrogens is 426 g/mol. The zero-order chi connectivity index (χ0) is 22.5. The highest BCUT2D eigenvalue weighted by Gasteiger charge is 2.24. The number of aromatic nitrogens is 2. The van der Waals surface area contributed by atoms with E-state index in [2.05, 4.69) is 15.6 Å². The predicted molar refractivity (Wildman–Crippen MR) is 126 cm³/mol. The van der Waals surface area contributed by atoms with Crippen LogP contribution in [-0.4, -0.2) is 45.5 Å². The summed E-state index contributed by atoms with van der Waals surface area (Å²) >= 11 is 5.31. The van der Waals surface area contributed by atoms with Crippen LogP contribution >= 0.6 is 12.2 Å². The van der Waals surface area contributed by atoms with Crippen molar-refractivity contribution in [3.05, 3.63) is 69.7 Å². The van der Waals surface area contributed by atoms with Gasteiger partial charge in [-0.3, -0.25) is 14.2 Å². The number of likely N-dealkylation sites (tertiary alicyclic amines) is 1. The van der Waals surface area contributed by atoms with Crippen LogP contribution in [0.25, 0.3) is 10.9 Å². The molecule has 3 amide bonds. The number of fused-ring (bicyclic) bond motifs is 1. The van der Waals surface area contributed by atoms with Gasteiger partial charge in [-0.25, -0.2) is 4.79 Å². The van der Waals surface area contributed by atoms with Gasteiger partial charge in [-0.05, 0) is 49.3 Å². The van der Waals surface area contributed by atoms with Gasteiger partial charge in [0.1, 0.15) is 0 Å². The molecule has 1 fully saturated rings. The van der Waals surface area contributed by atoms with Crippen LogP contribution in [0.3, 0.4) is 0 Å². The highest BCUT2D eigenvalue weighted by atomic mass is 32.1. The Labute approximate surface area is 190 Å². The van der Waals surface area contributed by atoms with E-state index < -0.39 is 0 Å². The standard InChI is InChI=1S/C23H25N5O3S/c29-20(12-15-28-21(30)18-8-4-5-9-19(18)26-23(28)32)27-13-10-17(11-14-27)25-22(31)24-16-6-2-1-3-7-16/h1-9,17H,10-15H2,(H,26,32)(H2,24,25,31). The van der Waals surface area contributed by atoms with Crippen LogP contribution in [0.5, 0.6) is 0 Å². The third kappa shape index (κ3) is 5.05. The Morgan fingerprint density at radius 3 is 2.47 bits per heavy atom. The summed E-state index contributed by atoms with van der Waals surface area (Å²) in [6.45, 7) is 1.36. The van der Waals surface area contributed by atoms with E-state index in [0.29, 0.717) is 41.6 Å². The van der Waals surface area contributed by atoms with Crippen molar-refractivity contribution in [2.75, 3.05) is 18.4 Å². The van der Waals surface area contributed by atoms with Gasteiger partial charge in [0.2, 0.25) is 5.91 Å². The van der Waals surface area contributed by atoms with Crippen molar-refractivity contribution in [1.82, 2.24) is 19.8 Å². The van der Waals surface area contributed by atoms with Gasteiger partial charge in [-0.15, -0.1) is 0 Å². The molecule has 8 nitrogen and oxygen atoms in total. The van der Waals surface area contributed by atoms with Crippen molar-refractivity contribution in [2.24, 2.45) is 0 Å². The van der Waals surface area contributed by atoms with E-state index in [1.54, 1.807) is 23.1 Å². The smallest absolute Gasteiger partial charge is 0.319 e. The van der Waals surface area contributed by atoms with Crippen molar-refractivity contribution in [2.45, 2.75) is 31.8 Å². The first-order valence-electron chi connectivity index (χ1n) is 10.6. The molecule has 0 saturated carbocycles. The number of carbonyl (C=O) groups excluding carboxylic acids is 2. The fraction of sp³-hybridized carbons (Fsp3) is 0.304. The van der Waals surface area contributed by atoms with Crippen LogP contribution in [0.4, 0.5) is 10.5 Å². The zero-order valence-corrected chi connectivity index (χ0v) is 18.4. The molecular formula is C23H25N5O3S. The van der Waals surface area contributed by atoms with Crippen LogP contribution in [0, 0.1) is 4.77 Å². The molecule has 1 aliphatic heterocycles. The van der Waals surface area contributed by atoms with Gasteiger partial charge in [0, 0.05) is 37.8 Å². The molecule has 32 heavy (non-hydrogen) atoms. The number of hydrogen-bond acceptors (Lipinski definition) is 4. The van der Waals surface area contributed by atoms with Crippen LogP contribution in [0.15, 0.2) is 59.4 Å². The summed E-state index contributed by atoms with van der Waals surface area (Å²) in [4.78, 5) is 42.4. The van der Waals surface area contributed by atoms with Crippen LogP contribution in [0.2, 0.25) is 0 Å². The lowest BCUT2D eigenvalue weighted by Gasteiger charge is -2.32. The first-order chi connectivity index (χ1) is 15.5. The third-order valence-electron chi connectivity index (χ3n) is 5.65. The van der Waals surface area contributed by atoms with E-state index in [-0.39, 0.29) is 36.5 Å². The number of urea groups is 1. The van der Waals surface area contributed by atoms with E-state index in [0.717, 1.165) is 5.69 Å². The van der Waals surface area contributed by atoms with E-state index in [1.165, 1.54) is 4.57 Å². The maximum Gasteiger partial charge on any atom is 0.319 e. The lowest BCUT2D eigenvalue weighted by atomic mass is 10.0. The van der Waals surface area contributed by atoms with Gasteiger partial charge in [-0.1, -0.05) is 30.3 Å². The number of amides is 3. The van der Waals surface area contributed by atoms with Gasteiger partial charge in [0.15, 0.2) is 4.77 Å². The number of para-hydroxylation sites is 2. The largest absolute Gasteiger partial charge is 0.342 e. The number of piperidine rings is 1. The highest BCUT2D eigenvalue weighted by Crippen LogP contribution is 2.13. The fourth-order valence-corrected chi connectivity index (χ4v) is 4.20. The van der Waals surface area contributed by atoms with Gasteiger partial charge < -0.3 is 20.5 Å². The van der Waals surface area contributed by atoms with E-state index in [1.807, 2.05) is 36.4 Å². The topological polar surface area (TPSA) is 99.2 Å². The molecule has 3 aromatic rings. The monoisotopic (exact) mass is 451 g/mol. The molecule has 1 saturated heterocycles. The Kier molecular flexibility index (Phi) is 6.65. The van der Waals surface area contributed by atoms with Crippen molar-refractivity contribution >= 4 is 40.7 Å². The Bertz CT molecular complexity index is 1230. The number of benzene rings is 2. The summed E-state index contributed by atoms with van der Waals surface area (Å²) in [5.74, 6) is -0.0216. The average Bonchev–Trinajstić information content (AvgIpc) is 2.80. The molecule has 9 heteroatoms. The lowest BCUT2D eigenvalue weighted by molar-refractivity contribution is -0.132. The molecule has 1 aromatic heterocycles. The Hall–Kier alpha value is -3.46. The molecule has 2 aromatic carbocycles. The minimum Gasteiger partial charge on any atom is -0.342 e. The molecule has 0 atom stereocenters. The molecule has 166 valence electrons. The normalized spacial score (nSPS) is 14.3. The predicted octanol–water partition coefficient (Wildman–Crippen LogP) is 3.26. The molecule has 0 radical (unpaired) electrons. The number of nitrogens with zero attached hydrogens (tertiary/aromatic N) is 2. The summed E-state index contributed by atoms with van der Waals surface area (Å²) < 4.78 is 1.76. The molecule has 0 bridgehead atoms. The number of hydrogen-bond donors (Lipinski definition) is 3. The number of H-pyrrole nitrogens is 1. The second-order valence-electron chi connectivity index (χ2n) is 7.80. The second kappa shape index (κ2) is 9.78. The minimum absolute atomic E-state index is 0.0136. The SMILES string of the molecule is O=C(Nc1ccccc1)NC1CCN(C(=O)CCn2c(=S)[nH]c3ccccc3c2=O)CC1. The second-order valence-corrected chi connectivity index (χ2v) is 8.19. The maximum absolute atomic E-state index is 12.7. The van der Waals surface area contributed by atoms with Gasteiger partial charge in [0.05, 0.1) is 10.9 Å². The fourth-order valence-electron chi connectivity index (χ4n) is 3.91. The number of aromatic amines is 1. The maximum atomic E-state index is 12.7. The van der Waals surface area contributed by atoms with Crippen molar-refractivity contribution in [3.63, 3.8) is 0 Å².